The van der Waals surface area contributed by atoms with Crippen LogP contribution in [0.1, 0.15) is 51.4 Å². The van der Waals surface area contributed by atoms with Gasteiger partial charge in [-0.05, 0) is 32.1 Å². The summed E-state index contributed by atoms with van der Waals surface area (Å²) in [5, 5.41) is 0. The summed E-state index contributed by atoms with van der Waals surface area (Å²) >= 11 is 0. The van der Waals surface area contributed by atoms with E-state index in [0.717, 1.165) is 38.6 Å². The Balaban J connectivity index is 1.48. The van der Waals surface area contributed by atoms with Crippen LogP contribution in [0.2, 0.25) is 0 Å². The van der Waals surface area contributed by atoms with Gasteiger partial charge in [-0.2, -0.15) is 0 Å². The summed E-state index contributed by atoms with van der Waals surface area (Å²) < 4.78 is 5.89. The third kappa shape index (κ3) is 3.39. The molecule has 21 heavy (non-hydrogen) atoms. The van der Waals surface area contributed by atoms with Crippen LogP contribution in [0.15, 0.2) is 0 Å². The molecule has 0 aromatic heterocycles. The molecule has 0 aromatic carbocycles. The Labute approximate surface area is 126 Å². The standard InChI is InChI=1S/C16H26N2O3/c19-15-12-17(10-11-21-13-6-2-1-3-7-13)16(20)14-8-4-5-9-18(14)15/h13-14H,1-12H2. The van der Waals surface area contributed by atoms with Gasteiger partial charge < -0.3 is 14.5 Å². The molecule has 1 saturated carbocycles. The van der Waals surface area contributed by atoms with Crippen LogP contribution in [0.3, 0.4) is 0 Å². The summed E-state index contributed by atoms with van der Waals surface area (Å²) in [4.78, 5) is 28.1. The third-order valence-electron chi connectivity index (χ3n) is 5.01. The van der Waals surface area contributed by atoms with Crippen LogP contribution < -0.4 is 0 Å². The number of nitrogens with zero attached hydrogens (tertiary/aromatic N) is 2. The van der Waals surface area contributed by atoms with Gasteiger partial charge in [0, 0.05) is 13.1 Å². The van der Waals surface area contributed by atoms with Gasteiger partial charge in [0.05, 0.1) is 19.3 Å². The normalized spacial score (nSPS) is 27.9. The highest BCUT2D eigenvalue weighted by atomic mass is 16.5. The fourth-order valence-electron chi connectivity index (χ4n) is 3.78. The molecule has 0 radical (unpaired) electrons. The maximum Gasteiger partial charge on any atom is 0.245 e. The molecule has 3 aliphatic rings. The second kappa shape index (κ2) is 6.77. The molecule has 0 spiro atoms. The van der Waals surface area contributed by atoms with E-state index < -0.39 is 0 Å². The molecular formula is C16H26N2O3. The average Bonchev–Trinajstić information content (AvgIpc) is 2.53. The van der Waals surface area contributed by atoms with Crippen LogP contribution in [-0.4, -0.2) is 60.0 Å². The number of fused-ring (bicyclic) bond motifs is 1. The van der Waals surface area contributed by atoms with Gasteiger partial charge in [-0.3, -0.25) is 9.59 Å². The van der Waals surface area contributed by atoms with Gasteiger partial charge >= 0.3 is 0 Å². The van der Waals surface area contributed by atoms with E-state index in [1.54, 1.807) is 9.80 Å². The van der Waals surface area contributed by atoms with Crippen molar-refractivity contribution in [3.63, 3.8) is 0 Å². The average molecular weight is 294 g/mol. The SMILES string of the molecule is O=C1C2CCCCN2C(=O)CN1CCOC1CCCCC1. The molecule has 5 heteroatoms. The highest BCUT2D eigenvalue weighted by Gasteiger charge is 2.40. The number of piperazine rings is 1. The predicted octanol–water partition coefficient (Wildman–Crippen LogP) is 1.56. The molecule has 0 N–H and O–H groups in total. The number of piperidine rings is 1. The van der Waals surface area contributed by atoms with Crippen LogP contribution in [0.5, 0.6) is 0 Å². The highest BCUT2D eigenvalue weighted by molar-refractivity contribution is 5.95. The van der Waals surface area contributed by atoms with Crippen LogP contribution in [0, 0.1) is 0 Å². The summed E-state index contributed by atoms with van der Waals surface area (Å²) in [6.45, 7) is 2.12. The molecule has 1 aliphatic carbocycles. The molecule has 3 fully saturated rings. The topological polar surface area (TPSA) is 49.9 Å². The highest BCUT2D eigenvalue weighted by Crippen LogP contribution is 2.23. The van der Waals surface area contributed by atoms with Crippen LogP contribution in [-0.2, 0) is 14.3 Å². The van der Waals surface area contributed by atoms with Gasteiger partial charge in [-0.25, -0.2) is 0 Å². The first kappa shape index (κ1) is 14.8. The summed E-state index contributed by atoms with van der Waals surface area (Å²) in [7, 11) is 0. The Bertz CT molecular complexity index is 393. The molecule has 2 saturated heterocycles. The van der Waals surface area contributed by atoms with Crippen LogP contribution in [0.25, 0.3) is 0 Å². The number of hydrogen-bond donors (Lipinski definition) is 0. The molecule has 118 valence electrons. The van der Waals surface area contributed by atoms with Gasteiger partial charge in [-0.1, -0.05) is 19.3 Å². The van der Waals surface area contributed by atoms with Crippen molar-refractivity contribution in [1.29, 1.82) is 0 Å². The number of hydrogen-bond acceptors (Lipinski definition) is 3. The van der Waals surface area contributed by atoms with E-state index in [1.807, 2.05) is 0 Å². The number of carbonyl (C=O) groups is 2. The van der Waals surface area contributed by atoms with E-state index in [2.05, 4.69) is 0 Å². The zero-order valence-corrected chi connectivity index (χ0v) is 12.8. The largest absolute Gasteiger partial charge is 0.376 e. The van der Waals surface area contributed by atoms with Crippen molar-refractivity contribution in [1.82, 2.24) is 9.80 Å². The molecule has 0 aromatic rings. The summed E-state index contributed by atoms with van der Waals surface area (Å²) in [5.41, 5.74) is 0. The zero-order valence-electron chi connectivity index (χ0n) is 12.8. The Hall–Kier alpha value is -1.10. The Kier molecular flexibility index (Phi) is 4.78. The first-order valence-electron chi connectivity index (χ1n) is 8.45. The van der Waals surface area contributed by atoms with Crippen molar-refractivity contribution >= 4 is 11.8 Å². The van der Waals surface area contributed by atoms with Crippen molar-refractivity contribution in [2.75, 3.05) is 26.2 Å². The number of amides is 2. The van der Waals surface area contributed by atoms with E-state index in [4.69, 9.17) is 4.74 Å². The lowest BCUT2D eigenvalue weighted by Gasteiger charge is -2.42. The van der Waals surface area contributed by atoms with E-state index in [0.29, 0.717) is 19.3 Å². The van der Waals surface area contributed by atoms with Gasteiger partial charge in [0.25, 0.3) is 0 Å². The molecule has 2 aliphatic heterocycles. The molecular weight excluding hydrogens is 268 g/mol. The van der Waals surface area contributed by atoms with E-state index in [-0.39, 0.29) is 24.4 Å². The maximum atomic E-state index is 12.5. The van der Waals surface area contributed by atoms with Crippen LogP contribution in [0.4, 0.5) is 0 Å². The lowest BCUT2D eigenvalue weighted by atomic mass is 9.98. The fourth-order valence-corrected chi connectivity index (χ4v) is 3.78. The number of carbonyl (C=O) groups excluding carboxylic acids is 2. The van der Waals surface area contributed by atoms with E-state index >= 15 is 0 Å². The minimum atomic E-state index is -0.199. The number of rotatable bonds is 4. The van der Waals surface area contributed by atoms with Crippen molar-refractivity contribution < 1.29 is 14.3 Å². The minimum absolute atomic E-state index is 0.108. The molecule has 5 nitrogen and oxygen atoms in total. The molecule has 0 bridgehead atoms. The van der Waals surface area contributed by atoms with Crippen molar-refractivity contribution in [3.8, 4) is 0 Å². The second-order valence-electron chi connectivity index (χ2n) is 6.49. The molecule has 2 amide bonds. The van der Waals surface area contributed by atoms with Gasteiger partial charge in [0.15, 0.2) is 0 Å². The van der Waals surface area contributed by atoms with Gasteiger partial charge in [-0.15, -0.1) is 0 Å². The fraction of sp³-hybridized carbons (Fsp3) is 0.875. The van der Waals surface area contributed by atoms with Gasteiger partial charge in [0.1, 0.15) is 6.04 Å². The van der Waals surface area contributed by atoms with Crippen molar-refractivity contribution in [2.45, 2.75) is 63.5 Å². The Morgan fingerprint density at radius 3 is 2.57 bits per heavy atom. The van der Waals surface area contributed by atoms with E-state index in [1.165, 1.54) is 19.3 Å². The minimum Gasteiger partial charge on any atom is -0.376 e. The molecule has 1 atom stereocenters. The first-order chi connectivity index (χ1) is 10.3. The zero-order chi connectivity index (χ0) is 14.7. The monoisotopic (exact) mass is 294 g/mol. The first-order valence-corrected chi connectivity index (χ1v) is 8.45. The number of ether oxygens (including phenoxy) is 1. The van der Waals surface area contributed by atoms with Crippen LogP contribution >= 0.6 is 0 Å². The molecule has 3 rings (SSSR count). The second-order valence-corrected chi connectivity index (χ2v) is 6.49. The lowest BCUT2D eigenvalue weighted by molar-refractivity contribution is -0.158. The third-order valence-corrected chi connectivity index (χ3v) is 5.01. The maximum absolute atomic E-state index is 12.5. The molecule has 2 heterocycles. The van der Waals surface area contributed by atoms with Gasteiger partial charge in [0.2, 0.25) is 11.8 Å². The molecule has 1 unspecified atom stereocenters. The summed E-state index contributed by atoms with van der Waals surface area (Å²) in [6, 6.07) is -0.199. The van der Waals surface area contributed by atoms with Crippen molar-refractivity contribution in [2.24, 2.45) is 0 Å². The smallest absolute Gasteiger partial charge is 0.245 e. The summed E-state index contributed by atoms with van der Waals surface area (Å²) in [6.07, 6.45) is 9.37. The van der Waals surface area contributed by atoms with Crippen molar-refractivity contribution in [3.05, 3.63) is 0 Å². The Morgan fingerprint density at radius 2 is 1.76 bits per heavy atom. The Morgan fingerprint density at radius 1 is 1.00 bits per heavy atom. The lowest BCUT2D eigenvalue weighted by Crippen LogP contribution is -2.61. The van der Waals surface area contributed by atoms with E-state index in [9.17, 15) is 9.59 Å². The predicted molar refractivity (Wildman–Crippen MR) is 78.8 cm³/mol. The quantitative estimate of drug-likeness (QED) is 0.790. The summed E-state index contributed by atoms with van der Waals surface area (Å²) in [5.74, 6) is 0.235.